The summed E-state index contributed by atoms with van der Waals surface area (Å²) in [6.45, 7) is 0.498. The van der Waals surface area contributed by atoms with Crippen LogP contribution in [0.4, 0.5) is 5.69 Å². The van der Waals surface area contributed by atoms with Gasteiger partial charge >= 0.3 is 5.69 Å². The molecule has 0 aliphatic carbocycles. The van der Waals surface area contributed by atoms with E-state index in [0.717, 1.165) is 5.56 Å². The highest BCUT2D eigenvalue weighted by Crippen LogP contribution is 2.01. The average Bonchev–Trinajstić information content (AvgIpc) is 2.25. The van der Waals surface area contributed by atoms with Crippen molar-refractivity contribution in [1.29, 1.82) is 0 Å². The molecule has 2 N–H and O–H groups in total. The van der Waals surface area contributed by atoms with E-state index < -0.39 is 0 Å². The van der Waals surface area contributed by atoms with Crippen LogP contribution in [0.1, 0.15) is 5.56 Å². The second-order valence-corrected chi connectivity index (χ2v) is 3.28. The van der Waals surface area contributed by atoms with Gasteiger partial charge in [-0.2, -0.15) is 4.98 Å². The molecule has 1 aromatic heterocycles. The van der Waals surface area contributed by atoms with E-state index in [9.17, 15) is 4.79 Å². The maximum Gasteiger partial charge on any atom is 0.347 e. The molecular weight excluding hydrogens is 190 g/mol. The van der Waals surface area contributed by atoms with Crippen LogP contribution < -0.4 is 11.4 Å². The minimum absolute atomic E-state index is 0.284. The molecule has 0 unspecified atom stereocenters. The minimum atomic E-state index is -0.284. The molecule has 0 spiro atoms. The van der Waals surface area contributed by atoms with E-state index in [1.807, 2.05) is 30.3 Å². The van der Waals surface area contributed by atoms with Crippen LogP contribution in [0.2, 0.25) is 0 Å². The SMILES string of the molecule is Nc1cnc(=O)n(Cc2ccccc2)c1. The Hall–Kier alpha value is -2.10. The van der Waals surface area contributed by atoms with Crippen LogP contribution in [0, 0.1) is 0 Å². The Morgan fingerprint density at radius 1 is 1.27 bits per heavy atom. The van der Waals surface area contributed by atoms with Crippen LogP contribution in [0.5, 0.6) is 0 Å². The predicted molar refractivity (Wildman–Crippen MR) is 58.5 cm³/mol. The fraction of sp³-hybridized carbons (Fsp3) is 0.0909. The molecule has 0 fully saturated rings. The summed E-state index contributed by atoms with van der Waals surface area (Å²) < 4.78 is 1.49. The molecule has 0 aliphatic heterocycles. The quantitative estimate of drug-likeness (QED) is 0.784. The zero-order valence-corrected chi connectivity index (χ0v) is 8.13. The Kier molecular flexibility index (Phi) is 2.49. The van der Waals surface area contributed by atoms with Crippen molar-refractivity contribution in [2.24, 2.45) is 0 Å². The van der Waals surface area contributed by atoms with Gasteiger partial charge in [-0.15, -0.1) is 0 Å². The number of nitrogens with zero attached hydrogens (tertiary/aromatic N) is 2. The first-order valence-electron chi connectivity index (χ1n) is 4.61. The Labute approximate surface area is 87.0 Å². The second kappa shape index (κ2) is 3.96. The number of anilines is 1. The van der Waals surface area contributed by atoms with E-state index in [2.05, 4.69) is 4.98 Å². The van der Waals surface area contributed by atoms with Crippen LogP contribution >= 0.6 is 0 Å². The van der Waals surface area contributed by atoms with Crippen LogP contribution in [-0.4, -0.2) is 9.55 Å². The number of nitrogens with two attached hydrogens (primary N) is 1. The molecule has 2 rings (SSSR count). The fourth-order valence-electron chi connectivity index (χ4n) is 1.37. The monoisotopic (exact) mass is 201 g/mol. The van der Waals surface area contributed by atoms with Gasteiger partial charge in [-0.25, -0.2) is 4.79 Å². The number of nitrogen functional groups attached to an aromatic ring is 1. The van der Waals surface area contributed by atoms with Crippen LogP contribution in [0.15, 0.2) is 47.5 Å². The molecular formula is C11H11N3O. The van der Waals surface area contributed by atoms with Crippen molar-refractivity contribution in [3.8, 4) is 0 Å². The summed E-state index contributed by atoms with van der Waals surface area (Å²) in [5.41, 5.74) is 6.81. The fourth-order valence-corrected chi connectivity index (χ4v) is 1.37. The number of hydrogen-bond donors (Lipinski definition) is 1. The van der Waals surface area contributed by atoms with Crippen molar-refractivity contribution in [2.75, 3.05) is 5.73 Å². The van der Waals surface area contributed by atoms with E-state index in [0.29, 0.717) is 12.2 Å². The van der Waals surface area contributed by atoms with Crippen LogP contribution in [0.25, 0.3) is 0 Å². The highest BCUT2D eigenvalue weighted by atomic mass is 16.1. The maximum absolute atomic E-state index is 11.4. The molecule has 76 valence electrons. The molecule has 4 heteroatoms. The molecule has 0 amide bonds. The molecule has 0 bridgehead atoms. The van der Waals surface area contributed by atoms with Crippen LogP contribution in [-0.2, 0) is 6.54 Å². The highest BCUT2D eigenvalue weighted by molar-refractivity contribution is 5.30. The number of rotatable bonds is 2. The van der Waals surface area contributed by atoms with Gasteiger partial charge in [-0.05, 0) is 5.56 Å². The van der Waals surface area contributed by atoms with E-state index >= 15 is 0 Å². The third kappa shape index (κ3) is 2.22. The second-order valence-electron chi connectivity index (χ2n) is 3.28. The first-order valence-corrected chi connectivity index (χ1v) is 4.61. The van der Waals surface area contributed by atoms with Crippen molar-refractivity contribution in [2.45, 2.75) is 6.54 Å². The molecule has 1 aromatic carbocycles. The summed E-state index contributed by atoms with van der Waals surface area (Å²) in [4.78, 5) is 15.0. The summed E-state index contributed by atoms with van der Waals surface area (Å²) in [6, 6.07) is 9.70. The normalized spacial score (nSPS) is 10.1. The summed E-state index contributed by atoms with van der Waals surface area (Å²) >= 11 is 0. The molecule has 4 nitrogen and oxygen atoms in total. The minimum Gasteiger partial charge on any atom is -0.396 e. The topological polar surface area (TPSA) is 60.9 Å². The molecule has 1 heterocycles. The van der Waals surface area contributed by atoms with Crippen molar-refractivity contribution >= 4 is 5.69 Å². The van der Waals surface area contributed by atoms with E-state index in [1.165, 1.54) is 10.8 Å². The Morgan fingerprint density at radius 2 is 2.00 bits per heavy atom. The zero-order chi connectivity index (χ0) is 10.7. The molecule has 0 atom stereocenters. The van der Waals surface area contributed by atoms with Crippen molar-refractivity contribution in [1.82, 2.24) is 9.55 Å². The lowest BCUT2D eigenvalue weighted by Crippen LogP contribution is -2.23. The van der Waals surface area contributed by atoms with Gasteiger partial charge in [0, 0.05) is 6.20 Å². The maximum atomic E-state index is 11.4. The van der Waals surface area contributed by atoms with Gasteiger partial charge in [0.15, 0.2) is 0 Å². The summed E-state index contributed by atoms with van der Waals surface area (Å²) in [7, 11) is 0. The van der Waals surface area contributed by atoms with Gasteiger partial charge in [0.2, 0.25) is 0 Å². The summed E-state index contributed by atoms with van der Waals surface area (Å²) in [6.07, 6.45) is 2.96. The lowest BCUT2D eigenvalue weighted by molar-refractivity contribution is 0.729. The molecule has 15 heavy (non-hydrogen) atoms. The first-order chi connectivity index (χ1) is 7.25. The largest absolute Gasteiger partial charge is 0.396 e. The molecule has 0 aliphatic rings. The zero-order valence-electron chi connectivity index (χ0n) is 8.13. The van der Waals surface area contributed by atoms with Gasteiger partial charge in [0.05, 0.1) is 18.4 Å². The molecule has 0 radical (unpaired) electrons. The van der Waals surface area contributed by atoms with E-state index in [1.54, 1.807) is 6.20 Å². The third-order valence-corrected chi connectivity index (χ3v) is 2.07. The summed E-state index contributed by atoms with van der Waals surface area (Å²) in [5.74, 6) is 0. The van der Waals surface area contributed by atoms with E-state index in [4.69, 9.17) is 5.73 Å². The smallest absolute Gasteiger partial charge is 0.347 e. The van der Waals surface area contributed by atoms with Gasteiger partial charge in [-0.3, -0.25) is 4.57 Å². The van der Waals surface area contributed by atoms with E-state index in [-0.39, 0.29) is 5.69 Å². The van der Waals surface area contributed by atoms with Gasteiger partial charge in [0.1, 0.15) is 0 Å². The first kappa shape index (κ1) is 9.45. The lowest BCUT2D eigenvalue weighted by Gasteiger charge is -2.05. The predicted octanol–water partition coefficient (Wildman–Crippen LogP) is 0.874. The number of hydrogen-bond acceptors (Lipinski definition) is 3. The third-order valence-electron chi connectivity index (χ3n) is 2.07. The number of aromatic nitrogens is 2. The standard InChI is InChI=1S/C11H11N3O/c12-10-6-13-11(15)14(8-10)7-9-4-2-1-3-5-9/h1-6,8H,7,12H2. The molecule has 0 saturated carbocycles. The lowest BCUT2D eigenvalue weighted by atomic mass is 10.2. The molecule has 2 aromatic rings. The van der Waals surface area contributed by atoms with Crippen molar-refractivity contribution in [3.05, 3.63) is 58.8 Å². The van der Waals surface area contributed by atoms with Crippen molar-refractivity contribution in [3.63, 3.8) is 0 Å². The van der Waals surface area contributed by atoms with Gasteiger partial charge < -0.3 is 5.73 Å². The Bertz CT molecular complexity index is 505. The van der Waals surface area contributed by atoms with Crippen molar-refractivity contribution < 1.29 is 0 Å². The Balaban J connectivity index is 2.32. The number of benzene rings is 1. The van der Waals surface area contributed by atoms with Gasteiger partial charge in [-0.1, -0.05) is 30.3 Å². The highest BCUT2D eigenvalue weighted by Gasteiger charge is 1.98. The Morgan fingerprint density at radius 3 is 2.73 bits per heavy atom. The van der Waals surface area contributed by atoms with Gasteiger partial charge in [0.25, 0.3) is 0 Å². The molecule has 0 saturated heterocycles. The average molecular weight is 201 g/mol. The van der Waals surface area contributed by atoms with Crippen LogP contribution in [0.3, 0.4) is 0 Å². The summed E-state index contributed by atoms with van der Waals surface area (Å²) in [5, 5.41) is 0.